The number of piperidine rings is 1. The van der Waals surface area contributed by atoms with Crippen LogP contribution in [-0.4, -0.2) is 41.6 Å². The molecule has 15 heavy (non-hydrogen) atoms. The molecule has 1 amide bonds. The van der Waals surface area contributed by atoms with Crippen LogP contribution in [0.15, 0.2) is 0 Å². The zero-order chi connectivity index (χ0) is 10.7. The lowest BCUT2D eigenvalue weighted by Crippen LogP contribution is -2.57. The Balaban J connectivity index is 1.98. The van der Waals surface area contributed by atoms with Gasteiger partial charge in [-0.2, -0.15) is 0 Å². The molecule has 0 aromatic carbocycles. The number of rotatable bonds is 1. The fraction of sp³-hybridized carbons (Fsp3) is 0.909. The van der Waals surface area contributed by atoms with E-state index in [1.165, 1.54) is 0 Å². The van der Waals surface area contributed by atoms with Gasteiger partial charge in [-0.3, -0.25) is 0 Å². The van der Waals surface area contributed by atoms with Gasteiger partial charge in [0, 0.05) is 19.4 Å². The molecule has 4 nitrogen and oxygen atoms in total. The van der Waals surface area contributed by atoms with Crippen LogP contribution in [0.25, 0.3) is 0 Å². The molecule has 2 heterocycles. The van der Waals surface area contributed by atoms with Crippen molar-refractivity contribution < 1.29 is 19.4 Å². The minimum atomic E-state index is -0.384. The molecule has 0 aromatic heterocycles. The summed E-state index contributed by atoms with van der Waals surface area (Å²) in [6, 6.07) is 0. The second-order valence-electron chi connectivity index (χ2n) is 4.62. The average Bonchev–Trinajstić information content (AvgIpc) is 2.30. The van der Waals surface area contributed by atoms with Crippen molar-refractivity contribution in [2.45, 2.75) is 44.6 Å². The molecule has 1 atom stereocenters. The first-order valence-corrected chi connectivity index (χ1v) is 5.98. The van der Waals surface area contributed by atoms with E-state index in [9.17, 15) is 10.0 Å². The molecule has 2 fully saturated rings. The second kappa shape index (κ2) is 4.60. The van der Waals surface area contributed by atoms with Gasteiger partial charge in [0.2, 0.25) is 0 Å². The Kier molecular flexibility index (Phi) is 3.38. The van der Waals surface area contributed by atoms with Crippen molar-refractivity contribution in [2.24, 2.45) is 0 Å². The van der Waals surface area contributed by atoms with E-state index in [4.69, 9.17) is 4.74 Å². The predicted octanol–water partition coefficient (Wildman–Crippen LogP) is 1.47. The third-order valence-corrected chi connectivity index (χ3v) is 3.42. The summed E-state index contributed by atoms with van der Waals surface area (Å²) in [6.45, 7) is 1.80. The first-order chi connectivity index (χ1) is 7.22. The molecule has 0 radical (unpaired) electrons. The zero-order valence-electron chi connectivity index (χ0n) is 9.15. The van der Waals surface area contributed by atoms with Crippen LogP contribution >= 0.6 is 0 Å². The SMILES string of the molecule is O=C(C1CCCCO1)[N+]1(O)CCCCC1. The topological polar surface area (TPSA) is 46.5 Å². The first-order valence-electron chi connectivity index (χ1n) is 5.98. The Bertz CT molecular complexity index is 230. The standard InChI is InChI=1S/C11H20NO3/c13-11(10-6-2-5-9-15-10)12(14)7-3-1-4-8-12/h10,14H,1-9H2/q+1. The first kappa shape index (κ1) is 11.0. The molecule has 1 unspecified atom stereocenters. The number of hydrogen-bond acceptors (Lipinski definition) is 3. The van der Waals surface area contributed by atoms with Gasteiger partial charge in [-0.05, 0) is 25.7 Å². The lowest BCUT2D eigenvalue weighted by Gasteiger charge is -2.34. The Morgan fingerprint density at radius 2 is 1.87 bits per heavy atom. The highest BCUT2D eigenvalue weighted by Gasteiger charge is 2.43. The Hall–Kier alpha value is -0.450. The Morgan fingerprint density at radius 3 is 2.47 bits per heavy atom. The highest BCUT2D eigenvalue weighted by molar-refractivity contribution is 5.73. The van der Waals surface area contributed by atoms with Crippen molar-refractivity contribution >= 4 is 5.91 Å². The third kappa shape index (κ3) is 2.38. The number of nitrogens with zero attached hydrogens (tertiary/aromatic N) is 1. The van der Waals surface area contributed by atoms with Crippen LogP contribution in [-0.2, 0) is 9.53 Å². The molecule has 4 heteroatoms. The van der Waals surface area contributed by atoms with Gasteiger partial charge in [-0.15, -0.1) is 4.65 Å². The predicted molar refractivity (Wildman–Crippen MR) is 54.2 cm³/mol. The van der Waals surface area contributed by atoms with E-state index in [2.05, 4.69) is 0 Å². The fourth-order valence-corrected chi connectivity index (χ4v) is 2.46. The van der Waals surface area contributed by atoms with Crippen molar-refractivity contribution in [3.05, 3.63) is 0 Å². The molecule has 0 saturated carbocycles. The molecule has 86 valence electrons. The zero-order valence-corrected chi connectivity index (χ0v) is 9.15. The van der Waals surface area contributed by atoms with Crippen LogP contribution in [0.3, 0.4) is 0 Å². The summed E-state index contributed by atoms with van der Waals surface area (Å²) in [4.78, 5) is 12.1. The maximum atomic E-state index is 12.1. The van der Waals surface area contributed by atoms with Gasteiger partial charge in [-0.1, -0.05) is 0 Å². The lowest BCUT2D eigenvalue weighted by molar-refractivity contribution is -1.04. The van der Waals surface area contributed by atoms with Gasteiger partial charge < -0.3 is 4.74 Å². The summed E-state index contributed by atoms with van der Waals surface area (Å²) in [5.41, 5.74) is 0. The molecule has 2 saturated heterocycles. The number of quaternary nitrogens is 1. The summed E-state index contributed by atoms with van der Waals surface area (Å²) in [7, 11) is 0. The molecular weight excluding hydrogens is 194 g/mol. The summed E-state index contributed by atoms with van der Waals surface area (Å²) in [5, 5.41) is 10.2. The van der Waals surface area contributed by atoms with Gasteiger partial charge >= 0.3 is 5.91 Å². The van der Waals surface area contributed by atoms with E-state index in [1.54, 1.807) is 0 Å². The number of hydroxylamine groups is 3. The maximum Gasteiger partial charge on any atom is 0.374 e. The van der Waals surface area contributed by atoms with Crippen LogP contribution < -0.4 is 0 Å². The third-order valence-electron chi connectivity index (χ3n) is 3.42. The van der Waals surface area contributed by atoms with Gasteiger partial charge in [0.05, 0.1) is 0 Å². The number of amides is 1. The van der Waals surface area contributed by atoms with E-state index in [0.717, 1.165) is 38.5 Å². The summed E-state index contributed by atoms with van der Waals surface area (Å²) in [5.74, 6) is -0.116. The van der Waals surface area contributed by atoms with Gasteiger partial charge in [0.25, 0.3) is 0 Å². The Labute approximate surface area is 90.4 Å². The molecular formula is C11H20NO3+. The van der Waals surface area contributed by atoms with Crippen LogP contribution in [0, 0.1) is 0 Å². The lowest BCUT2D eigenvalue weighted by atomic mass is 10.1. The molecule has 2 aliphatic heterocycles. The highest BCUT2D eigenvalue weighted by atomic mass is 16.6. The number of ether oxygens (including phenoxy) is 1. The van der Waals surface area contributed by atoms with E-state index < -0.39 is 0 Å². The summed E-state index contributed by atoms with van der Waals surface area (Å²) in [6.07, 6.45) is 5.50. The number of carbonyl (C=O) groups is 1. The van der Waals surface area contributed by atoms with Crippen molar-refractivity contribution in [3.63, 3.8) is 0 Å². The summed E-state index contributed by atoms with van der Waals surface area (Å²) < 4.78 is 5.05. The maximum absolute atomic E-state index is 12.1. The van der Waals surface area contributed by atoms with Crippen molar-refractivity contribution in [2.75, 3.05) is 19.7 Å². The quantitative estimate of drug-likeness (QED) is 0.531. The summed E-state index contributed by atoms with van der Waals surface area (Å²) >= 11 is 0. The normalized spacial score (nSPS) is 31.1. The van der Waals surface area contributed by atoms with E-state index >= 15 is 0 Å². The fourth-order valence-electron chi connectivity index (χ4n) is 2.46. The molecule has 0 aliphatic carbocycles. The number of hydrogen-bond donors (Lipinski definition) is 1. The van der Waals surface area contributed by atoms with E-state index in [1.807, 2.05) is 0 Å². The smallest absolute Gasteiger partial charge is 0.364 e. The largest absolute Gasteiger partial charge is 0.374 e. The molecule has 2 rings (SSSR count). The van der Waals surface area contributed by atoms with Crippen LogP contribution in [0.2, 0.25) is 0 Å². The Morgan fingerprint density at radius 1 is 1.13 bits per heavy atom. The van der Waals surface area contributed by atoms with Gasteiger partial charge in [0.1, 0.15) is 13.1 Å². The minimum Gasteiger partial charge on any atom is -0.364 e. The van der Waals surface area contributed by atoms with Gasteiger partial charge in [0.15, 0.2) is 6.10 Å². The average molecular weight is 214 g/mol. The molecule has 2 aliphatic rings. The second-order valence-corrected chi connectivity index (χ2v) is 4.62. The van der Waals surface area contributed by atoms with E-state index in [-0.39, 0.29) is 16.7 Å². The monoisotopic (exact) mass is 214 g/mol. The van der Waals surface area contributed by atoms with Crippen LogP contribution in [0.1, 0.15) is 38.5 Å². The molecule has 1 N–H and O–H groups in total. The van der Waals surface area contributed by atoms with Crippen molar-refractivity contribution in [3.8, 4) is 0 Å². The number of likely N-dealkylation sites (tertiary alicyclic amines) is 1. The van der Waals surface area contributed by atoms with Crippen LogP contribution in [0.5, 0.6) is 0 Å². The molecule has 0 aromatic rings. The minimum absolute atomic E-state index is 0.116. The van der Waals surface area contributed by atoms with Crippen molar-refractivity contribution in [1.29, 1.82) is 0 Å². The number of carbonyl (C=O) groups excluding carboxylic acids is 1. The van der Waals surface area contributed by atoms with E-state index in [0.29, 0.717) is 19.7 Å². The molecule has 0 spiro atoms. The molecule has 0 bridgehead atoms. The van der Waals surface area contributed by atoms with Crippen LogP contribution in [0.4, 0.5) is 0 Å². The van der Waals surface area contributed by atoms with Crippen molar-refractivity contribution in [1.82, 2.24) is 0 Å². The van der Waals surface area contributed by atoms with Gasteiger partial charge in [-0.25, -0.2) is 10.0 Å². The highest BCUT2D eigenvalue weighted by Crippen LogP contribution is 2.22.